The van der Waals surface area contributed by atoms with Gasteiger partial charge in [0.2, 0.25) is 0 Å². The molecule has 1 rings (SSSR count). The van der Waals surface area contributed by atoms with Gasteiger partial charge >= 0.3 is 0 Å². The number of hydrogen-bond donors (Lipinski definition) is 1. The van der Waals surface area contributed by atoms with Crippen molar-refractivity contribution in [3.8, 4) is 11.8 Å². The molecule has 0 saturated carbocycles. The summed E-state index contributed by atoms with van der Waals surface area (Å²) < 4.78 is 5.06. The molecule has 1 heterocycles. The number of ether oxygens (including phenoxy) is 1. The Bertz CT molecular complexity index is 485. The quantitative estimate of drug-likeness (QED) is 0.815. The molecule has 0 atom stereocenters. The largest absolute Gasteiger partial charge is 0.384 e. The first-order chi connectivity index (χ1) is 9.58. The lowest BCUT2D eigenvalue weighted by Crippen LogP contribution is -2.36. The van der Waals surface area contributed by atoms with E-state index in [4.69, 9.17) is 9.84 Å². The molecule has 0 aromatic carbocycles. The van der Waals surface area contributed by atoms with Crippen LogP contribution in [0.2, 0.25) is 0 Å². The fourth-order valence-electron chi connectivity index (χ4n) is 1.72. The third-order valence-electron chi connectivity index (χ3n) is 2.55. The highest BCUT2D eigenvalue weighted by atomic mass is 32.1. The summed E-state index contributed by atoms with van der Waals surface area (Å²) in [4.78, 5) is 15.7. The lowest BCUT2D eigenvalue weighted by atomic mass is 10.2. The minimum absolute atomic E-state index is 0.0119. The lowest BCUT2D eigenvalue weighted by molar-refractivity contribution is 0.0677. The van der Waals surface area contributed by atoms with E-state index < -0.39 is 0 Å². The monoisotopic (exact) mass is 295 g/mol. The van der Waals surface area contributed by atoms with Crippen LogP contribution in [-0.2, 0) is 4.74 Å². The van der Waals surface area contributed by atoms with E-state index in [1.165, 1.54) is 11.3 Å². The molecular weight excluding hydrogens is 274 g/mol. The van der Waals surface area contributed by atoms with Gasteiger partial charge < -0.3 is 14.7 Å². The second kappa shape index (κ2) is 8.75. The van der Waals surface area contributed by atoms with Gasteiger partial charge in [-0.05, 0) is 18.1 Å². The first kappa shape index (κ1) is 16.7. The van der Waals surface area contributed by atoms with Gasteiger partial charge in [-0.3, -0.25) is 4.79 Å². The molecule has 1 aromatic heterocycles. The number of aliphatic hydroxyl groups excluding tert-OH is 1. The molecule has 0 unspecified atom stereocenters. The molecule has 0 radical (unpaired) electrons. The summed E-state index contributed by atoms with van der Waals surface area (Å²) in [6.45, 7) is 5.82. The molecule has 20 heavy (non-hydrogen) atoms. The number of carbonyl (C=O) groups is 1. The SMILES string of the molecule is COCCN(CC(C)C)C(=O)c1ccc(C#CCO)s1. The van der Waals surface area contributed by atoms with E-state index >= 15 is 0 Å². The van der Waals surface area contributed by atoms with Gasteiger partial charge in [0.05, 0.1) is 16.4 Å². The summed E-state index contributed by atoms with van der Waals surface area (Å²) in [5, 5.41) is 8.67. The predicted octanol–water partition coefficient (Wildman–Crippen LogP) is 1.84. The van der Waals surface area contributed by atoms with Gasteiger partial charge in [-0.15, -0.1) is 11.3 Å². The highest BCUT2D eigenvalue weighted by molar-refractivity contribution is 7.14. The number of aliphatic hydroxyl groups is 1. The molecule has 0 bridgehead atoms. The van der Waals surface area contributed by atoms with Crippen LogP contribution in [0.5, 0.6) is 0 Å². The molecule has 1 N–H and O–H groups in total. The van der Waals surface area contributed by atoms with Crippen molar-refractivity contribution in [2.75, 3.05) is 33.4 Å². The number of methoxy groups -OCH3 is 1. The van der Waals surface area contributed by atoms with E-state index in [2.05, 4.69) is 25.7 Å². The van der Waals surface area contributed by atoms with Crippen molar-refractivity contribution in [3.05, 3.63) is 21.9 Å². The Morgan fingerprint density at radius 3 is 2.85 bits per heavy atom. The van der Waals surface area contributed by atoms with Crippen molar-refractivity contribution in [2.45, 2.75) is 13.8 Å². The van der Waals surface area contributed by atoms with Gasteiger partial charge in [-0.25, -0.2) is 0 Å². The molecule has 0 saturated heterocycles. The summed E-state index contributed by atoms with van der Waals surface area (Å²) >= 11 is 1.35. The summed E-state index contributed by atoms with van der Waals surface area (Å²) in [5.74, 6) is 5.82. The molecule has 0 aliphatic carbocycles. The Labute approximate surface area is 124 Å². The summed E-state index contributed by atoms with van der Waals surface area (Å²) in [6.07, 6.45) is 0. The van der Waals surface area contributed by atoms with Crippen molar-refractivity contribution in [1.29, 1.82) is 0 Å². The summed E-state index contributed by atoms with van der Waals surface area (Å²) in [6, 6.07) is 3.60. The molecule has 0 fully saturated rings. The summed E-state index contributed by atoms with van der Waals surface area (Å²) in [5.41, 5.74) is 0. The van der Waals surface area contributed by atoms with E-state index in [9.17, 15) is 4.79 Å². The van der Waals surface area contributed by atoms with E-state index in [0.29, 0.717) is 30.5 Å². The highest BCUT2D eigenvalue weighted by Crippen LogP contribution is 2.18. The maximum atomic E-state index is 12.5. The van der Waals surface area contributed by atoms with Crippen LogP contribution in [0.4, 0.5) is 0 Å². The van der Waals surface area contributed by atoms with Gasteiger partial charge in [0.1, 0.15) is 6.61 Å². The van der Waals surface area contributed by atoms with Crippen LogP contribution >= 0.6 is 11.3 Å². The van der Waals surface area contributed by atoms with Crippen LogP contribution in [0.25, 0.3) is 0 Å². The number of nitrogens with zero attached hydrogens (tertiary/aromatic N) is 1. The van der Waals surface area contributed by atoms with E-state index in [1.807, 2.05) is 11.0 Å². The Balaban J connectivity index is 2.79. The number of thiophene rings is 1. The summed E-state index contributed by atoms with van der Waals surface area (Å²) in [7, 11) is 1.63. The van der Waals surface area contributed by atoms with Crippen molar-refractivity contribution in [2.24, 2.45) is 5.92 Å². The Morgan fingerprint density at radius 1 is 1.50 bits per heavy atom. The minimum atomic E-state index is -0.172. The van der Waals surface area contributed by atoms with Gasteiger partial charge in [0, 0.05) is 20.2 Å². The molecule has 4 nitrogen and oxygen atoms in total. The zero-order valence-electron chi connectivity index (χ0n) is 12.2. The van der Waals surface area contributed by atoms with Gasteiger partial charge in [-0.1, -0.05) is 25.7 Å². The molecule has 1 aromatic rings. The fraction of sp³-hybridized carbons (Fsp3) is 0.533. The molecule has 1 amide bonds. The Kier molecular flexibility index (Phi) is 7.31. The molecule has 0 aliphatic rings. The third-order valence-corrected chi connectivity index (χ3v) is 3.53. The van der Waals surface area contributed by atoms with Crippen LogP contribution in [0, 0.1) is 17.8 Å². The number of hydrogen-bond acceptors (Lipinski definition) is 4. The Hall–Kier alpha value is -1.35. The number of rotatable bonds is 6. The third kappa shape index (κ3) is 5.33. The standard InChI is InChI=1S/C15H21NO3S/c1-12(2)11-16(8-10-19-3)15(18)14-7-6-13(20-14)5-4-9-17/h6-7,12,17H,8-11H2,1-3H3. The van der Waals surface area contributed by atoms with Gasteiger partial charge in [-0.2, -0.15) is 0 Å². The second-order valence-corrected chi connectivity index (χ2v) is 5.85. The van der Waals surface area contributed by atoms with Crippen molar-refractivity contribution >= 4 is 17.2 Å². The zero-order chi connectivity index (χ0) is 15.0. The molecule has 0 aliphatic heterocycles. The minimum Gasteiger partial charge on any atom is -0.384 e. The zero-order valence-corrected chi connectivity index (χ0v) is 13.0. The Morgan fingerprint density at radius 2 is 2.25 bits per heavy atom. The lowest BCUT2D eigenvalue weighted by Gasteiger charge is -2.23. The van der Waals surface area contributed by atoms with Crippen LogP contribution in [0.15, 0.2) is 12.1 Å². The smallest absolute Gasteiger partial charge is 0.264 e. The first-order valence-electron chi connectivity index (χ1n) is 6.56. The van der Waals surface area contributed by atoms with Crippen molar-refractivity contribution in [3.63, 3.8) is 0 Å². The number of amides is 1. The molecular formula is C15H21NO3S. The molecule has 0 spiro atoms. The van der Waals surface area contributed by atoms with Crippen LogP contribution in [0.1, 0.15) is 28.4 Å². The van der Waals surface area contributed by atoms with Gasteiger partial charge in [0.15, 0.2) is 0 Å². The maximum absolute atomic E-state index is 12.5. The first-order valence-corrected chi connectivity index (χ1v) is 7.38. The van der Waals surface area contributed by atoms with Crippen LogP contribution in [-0.4, -0.2) is 49.3 Å². The fourth-order valence-corrected chi connectivity index (χ4v) is 2.57. The van der Waals surface area contributed by atoms with Crippen LogP contribution in [0.3, 0.4) is 0 Å². The normalized spacial score (nSPS) is 10.2. The predicted molar refractivity (Wildman–Crippen MR) is 80.9 cm³/mol. The van der Waals surface area contributed by atoms with E-state index in [0.717, 1.165) is 4.88 Å². The average molecular weight is 295 g/mol. The molecule has 5 heteroatoms. The van der Waals surface area contributed by atoms with Crippen molar-refractivity contribution in [1.82, 2.24) is 4.90 Å². The van der Waals surface area contributed by atoms with E-state index in [-0.39, 0.29) is 12.5 Å². The number of carbonyl (C=O) groups excluding carboxylic acids is 1. The van der Waals surface area contributed by atoms with Crippen LogP contribution < -0.4 is 0 Å². The van der Waals surface area contributed by atoms with E-state index in [1.54, 1.807) is 13.2 Å². The average Bonchev–Trinajstić information content (AvgIpc) is 2.88. The topological polar surface area (TPSA) is 49.8 Å². The highest BCUT2D eigenvalue weighted by Gasteiger charge is 2.18. The van der Waals surface area contributed by atoms with Crippen molar-refractivity contribution < 1.29 is 14.6 Å². The van der Waals surface area contributed by atoms with Gasteiger partial charge in [0.25, 0.3) is 5.91 Å². The molecule has 110 valence electrons. The maximum Gasteiger partial charge on any atom is 0.264 e. The second-order valence-electron chi connectivity index (χ2n) is 4.76.